The average molecular weight is 254 g/mol. The largest absolute Gasteiger partial charge is 0.268 e. The van der Waals surface area contributed by atoms with Crippen molar-refractivity contribution in [3.8, 4) is 0 Å². The van der Waals surface area contributed by atoms with E-state index in [0.717, 1.165) is 30.0 Å². The third-order valence-electron chi connectivity index (χ3n) is 2.62. The summed E-state index contributed by atoms with van der Waals surface area (Å²) in [5.41, 5.74) is 3.06. The van der Waals surface area contributed by atoms with Gasteiger partial charge in [-0.1, -0.05) is 12.1 Å². The van der Waals surface area contributed by atoms with Gasteiger partial charge in [-0.15, -0.1) is 16.7 Å². The van der Waals surface area contributed by atoms with Crippen molar-refractivity contribution in [3.05, 3.63) is 29.3 Å². The van der Waals surface area contributed by atoms with Crippen LogP contribution in [0.25, 0.3) is 0 Å². The Kier molecular flexibility index (Phi) is 3.78. The smallest absolute Gasteiger partial charge is 0.0974 e. The molecular weight excluding hydrogens is 238 g/mol. The third kappa shape index (κ3) is 2.66. The summed E-state index contributed by atoms with van der Waals surface area (Å²) >= 11 is 5.69. The average Bonchev–Trinajstić information content (AvgIpc) is 2.95. The maximum atomic E-state index is 5.69. The van der Waals surface area contributed by atoms with Crippen molar-refractivity contribution in [2.24, 2.45) is 0 Å². The number of rotatable bonds is 5. The zero-order chi connectivity index (χ0) is 12.3. The molecule has 2 aromatic rings. The lowest BCUT2D eigenvalue weighted by Crippen LogP contribution is -2.08. The van der Waals surface area contributed by atoms with E-state index in [0.29, 0.717) is 12.4 Å². The van der Waals surface area contributed by atoms with Crippen molar-refractivity contribution in [1.29, 1.82) is 0 Å². The predicted octanol–water partition coefficient (Wildman–Crippen LogP) is 1.84. The van der Waals surface area contributed by atoms with Gasteiger partial charge in [-0.2, -0.15) is 5.10 Å². The van der Waals surface area contributed by atoms with Gasteiger partial charge in [0, 0.05) is 6.54 Å². The molecule has 17 heavy (non-hydrogen) atoms. The first-order valence-corrected chi connectivity index (χ1v) is 6.30. The van der Waals surface area contributed by atoms with Crippen molar-refractivity contribution >= 4 is 11.6 Å². The fourth-order valence-electron chi connectivity index (χ4n) is 1.73. The number of hydrogen-bond acceptors (Lipinski definition) is 3. The lowest BCUT2D eigenvalue weighted by Gasteiger charge is -2.03. The summed E-state index contributed by atoms with van der Waals surface area (Å²) in [5, 5.41) is 12.5. The normalized spacial score (nSPS) is 11.0. The number of alkyl halides is 1. The second kappa shape index (κ2) is 5.31. The zero-order valence-corrected chi connectivity index (χ0v) is 10.9. The van der Waals surface area contributed by atoms with Crippen LogP contribution in [0.5, 0.6) is 0 Å². The van der Waals surface area contributed by atoms with Crippen molar-refractivity contribution in [3.63, 3.8) is 0 Å². The second-order valence-corrected chi connectivity index (χ2v) is 4.10. The molecular formula is C11H16ClN5. The molecule has 0 fully saturated rings. The minimum absolute atomic E-state index is 0.396. The van der Waals surface area contributed by atoms with Gasteiger partial charge in [-0.3, -0.25) is 4.68 Å². The van der Waals surface area contributed by atoms with Crippen LogP contribution in [0.4, 0.5) is 0 Å². The van der Waals surface area contributed by atoms with Crippen molar-refractivity contribution < 1.29 is 0 Å². The highest BCUT2D eigenvalue weighted by Gasteiger charge is 2.07. The highest BCUT2D eigenvalue weighted by Crippen LogP contribution is 2.08. The van der Waals surface area contributed by atoms with Crippen LogP contribution in [-0.2, 0) is 25.4 Å². The molecule has 6 heteroatoms. The Bertz CT molecular complexity index is 488. The molecule has 0 radical (unpaired) electrons. The van der Waals surface area contributed by atoms with Gasteiger partial charge >= 0.3 is 0 Å². The van der Waals surface area contributed by atoms with Gasteiger partial charge in [0.2, 0.25) is 0 Å². The Balaban J connectivity index is 2.19. The highest BCUT2D eigenvalue weighted by molar-refractivity contribution is 6.16. The first-order valence-electron chi connectivity index (χ1n) is 5.77. The van der Waals surface area contributed by atoms with E-state index < -0.39 is 0 Å². The highest BCUT2D eigenvalue weighted by atomic mass is 35.5. The molecule has 0 unspecified atom stereocenters. The van der Waals surface area contributed by atoms with Gasteiger partial charge < -0.3 is 0 Å². The Labute approximate surface area is 105 Å². The van der Waals surface area contributed by atoms with Crippen LogP contribution in [0.1, 0.15) is 30.9 Å². The molecule has 0 aliphatic rings. The standard InChI is InChI=1S/C11H16ClN5/c1-3-9-5-11(17(4-2)14-9)8-16-7-10(6-12)13-15-16/h5,7H,3-4,6,8H2,1-2H3. The fourth-order valence-corrected chi connectivity index (χ4v) is 1.85. The van der Waals surface area contributed by atoms with Gasteiger partial charge in [0.15, 0.2) is 0 Å². The quantitative estimate of drug-likeness (QED) is 0.764. The number of aryl methyl sites for hydroxylation is 2. The van der Waals surface area contributed by atoms with Crippen LogP contribution >= 0.6 is 11.6 Å². The molecule has 0 aliphatic heterocycles. The van der Waals surface area contributed by atoms with Crippen LogP contribution in [0.2, 0.25) is 0 Å². The monoisotopic (exact) mass is 253 g/mol. The van der Waals surface area contributed by atoms with Gasteiger partial charge in [0.05, 0.1) is 35.7 Å². The molecule has 0 amide bonds. The van der Waals surface area contributed by atoms with Crippen LogP contribution in [0.3, 0.4) is 0 Å². The lowest BCUT2D eigenvalue weighted by molar-refractivity contribution is 0.563. The summed E-state index contributed by atoms with van der Waals surface area (Å²) in [4.78, 5) is 0. The molecule has 0 atom stereocenters. The zero-order valence-electron chi connectivity index (χ0n) is 10.1. The predicted molar refractivity (Wildman–Crippen MR) is 66.0 cm³/mol. The number of aromatic nitrogens is 5. The van der Waals surface area contributed by atoms with Crippen molar-refractivity contribution in [2.75, 3.05) is 0 Å². The molecule has 0 spiro atoms. The van der Waals surface area contributed by atoms with Crippen molar-refractivity contribution in [1.82, 2.24) is 24.8 Å². The molecule has 92 valence electrons. The second-order valence-electron chi connectivity index (χ2n) is 3.84. The number of hydrogen-bond donors (Lipinski definition) is 0. The molecule has 2 heterocycles. The summed E-state index contributed by atoms with van der Waals surface area (Å²) in [6.45, 7) is 5.74. The van der Waals surface area contributed by atoms with E-state index in [2.05, 4.69) is 35.3 Å². The first kappa shape index (κ1) is 12.1. The molecule has 2 aromatic heterocycles. The van der Waals surface area contributed by atoms with Gasteiger partial charge in [0.25, 0.3) is 0 Å². The first-order chi connectivity index (χ1) is 8.26. The van der Waals surface area contributed by atoms with Crippen LogP contribution in [-0.4, -0.2) is 24.8 Å². The summed E-state index contributed by atoms with van der Waals surface area (Å²) in [7, 11) is 0. The Morgan fingerprint density at radius 1 is 1.29 bits per heavy atom. The van der Waals surface area contributed by atoms with E-state index >= 15 is 0 Å². The minimum atomic E-state index is 0.396. The fraction of sp³-hybridized carbons (Fsp3) is 0.545. The molecule has 0 N–H and O–H groups in total. The summed E-state index contributed by atoms with van der Waals surface area (Å²) < 4.78 is 3.79. The van der Waals surface area contributed by atoms with E-state index in [9.17, 15) is 0 Å². The Morgan fingerprint density at radius 3 is 2.71 bits per heavy atom. The summed E-state index contributed by atoms with van der Waals surface area (Å²) in [6.07, 6.45) is 2.82. The van der Waals surface area contributed by atoms with Crippen LogP contribution < -0.4 is 0 Å². The molecule has 5 nitrogen and oxygen atoms in total. The molecule has 2 rings (SSSR count). The maximum absolute atomic E-state index is 5.69. The molecule has 0 aliphatic carbocycles. The van der Waals surface area contributed by atoms with E-state index in [4.69, 9.17) is 11.6 Å². The van der Waals surface area contributed by atoms with E-state index in [1.54, 1.807) is 4.68 Å². The van der Waals surface area contributed by atoms with Gasteiger partial charge in [-0.25, -0.2) is 4.68 Å². The van der Waals surface area contributed by atoms with Crippen LogP contribution in [0.15, 0.2) is 12.3 Å². The molecule has 0 saturated carbocycles. The van der Waals surface area contributed by atoms with Crippen LogP contribution in [0, 0.1) is 0 Å². The molecule has 0 aromatic carbocycles. The summed E-state index contributed by atoms with van der Waals surface area (Å²) in [6, 6.07) is 2.12. The maximum Gasteiger partial charge on any atom is 0.0974 e. The van der Waals surface area contributed by atoms with Gasteiger partial charge in [-0.05, 0) is 19.4 Å². The van der Waals surface area contributed by atoms with E-state index in [-0.39, 0.29) is 0 Å². The minimum Gasteiger partial charge on any atom is -0.268 e. The van der Waals surface area contributed by atoms with E-state index in [1.807, 2.05) is 10.9 Å². The SMILES string of the molecule is CCc1cc(Cn2cc(CCl)nn2)n(CC)n1. The number of nitrogens with zero attached hydrogens (tertiary/aromatic N) is 5. The third-order valence-corrected chi connectivity index (χ3v) is 2.90. The topological polar surface area (TPSA) is 48.5 Å². The summed E-state index contributed by atoms with van der Waals surface area (Å²) in [5.74, 6) is 0.396. The van der Waals surface area contributed by atoms with E-state index in [1.165, 1.54) is 0 Å². The number of halogens is 1. The molecule has 0 bridgehead atoms. The molecule has 0 saturated heterocycles. The Morgan fingerprint density at radius 2 is 2.12 bits per heavy atom. The van der Waals surface area contributed by atoms with Gasteiger partial charge in [0.1, 0.15) is 0 Å². The Hall–Kier alpha value is -1.36. The van der Waals surface area contributed by atoms with Crippen molar-refractivity contribution in [2.45, 2.75) is 39.2 Å². The lowest BCUT2D eigenvalue weighted by atomic mass is 10.3.